The molecule has 0 fully saturated rings. The molecule has 0 spiro atoms. The van der Waals surface area contributed by atoms with Crippen LogP contribution in [-0.4, -0.2) is 39.5 Å². The average Bonchev–Trinajstić information content (AvgIpc) is 2.69. The van der Waals surface area contributed by atoms with Crippen LogP contribution in [0.25, 0.3) is 0 Å². The molecular formula is C20H24N2O6S. The molecule has 29 heavy (non-hydrogen) atoms. The monoisotopic (exact) mass is 420 g/mol. The number of rotatable bonds is 9. The van der Waals surface area contributed by atoms with E-state index in [4.69, 9.17) is 9.47 Å². The Morgan fingerprint density at radius 1 is 1.07 bits per heavy atom. The Morgan fingerprint density at radius 2 is 1.79 bits per heavy atom. The summed E-state index contributed by atoms with van der Waals surface area (Å²) in [6.07, 6.45) is -1.11. The molecule has 156 valence electrons. The molecule has 0 saturated heterocycles. The zero-order valence-corrected chi connectivity index (χ0v) is 17.3. The van der Waals surface area contributed by atoms with E-state index >= 15 is 0 Å². The molecule has 1 amide bonds. The van der Waals surface area contributed by atoms with E-state index in [2.05, 4.69) is 10.0 Å². The number of esters is 1. The minimum Gasteiger partial charge on any atom is -0.492 e. The van der Waals surface area contributed by atoms with E-state index in [1.54, 1.807) is 31.2 Å². The number of carbonyl (C=O) groups excluding carboxylic acids is 2. The molecule has 0 radical (unpaired) electrons. The number of ether oxygens (including phenoxy) is 2. The van der Waals surface area contributed by atoms with Crippen LogP contribution in [0.3, 0.4) is 0 Å². The molecule has 0 saturated carbocycles. The maximum atomic E-state index is 12.4. The fourth-order valence-corrected chi connectivity index (χ4v) is 3.52. The molecular weight excluding hydrogens is 396 g/mol. The SMILES string of the molecule is CCNS(=O)(=O)c1cccc(C(=O)OC(C)C(=O)Nc2ccccc2OCC)c1. The molecule has 0 aliphatic heterocycles. The molecule has 1 unspecified atom stereocenters. The van der Waals surface area contributed by atoms with Crippen LogP contribution in [0.2, 0.25) is 0 Å². The minimum atomic E-state index is -3.71. The second kappa shape index (κ2) is 10.0. The van der Waals surface area contributed by atoms with Gasteiger partial charge >= 0.3 is 5.97 Å². The first-order chi connectivity index (χ1) is 13.8. The lowest BCUT2D eigenvalue weighted by Crippen LogP contribution is -2.30. The van der Waals surface area contributed by atoms with E-state index < -0.39 is 28.0 Å². The lowest BCUT2D eigenvalue weighted by Gasteiger charge is -2.16. The van der Waals surface area contributed by atoms with E-state index in [0.717, 1.165) is 0 Å². The molecule has 0 bridgehead atoms. The Morgan fingerprint density at radius 3 is 2.48 bits per heavy atom. The molecule has 2 aromatic rings. The van der Waals surface area contributed by atoms with Crippen LogP contribution in [0.1, 0.15) is 31.1 Å². The molecule has 0 aliphatic carbocycles. The van der Waals surface area contributed by atoms with Crippen LogP contribution in [0.5, 0.6) is 5.75 Å². The normalized spacial score (nSPS) is 12.1. The first-order valence-corrected chi connectivity index (χ1v) is 10.6. The summed E-state index contributed by atoms with van der Waals surface area (Å²) in [5.74, 6) is -0.843. The van der Waals surface area contributed by atoms with Crippen molar-refractivity contribution in [3.63, 3.8) is 0 Å². The summed E-state index contributed by atoms with van der Waals surface area (Å²) in [7, 11) is -3.71. The summed E-state index contributed by atoms with van der Waals surface area (Å²) in [6.45, 7) is 5.56. The Hall–Kier alpha value is -2.91. The van der Waals surface area contributed by atoms with Crippen molar-refractivity contribution in [1.29, 1.82) is 0 Å². The summed E-state index contributed by atoms with van der Waals surface area (Å²) in [6, 6.07) is 12.3. The van der Waals surface area contributed by atoms with Gasteiger partial charge in [0.15, 0.2) is 6.10 Å². The largest absolute Gasteiger partial charge is 0.492 e. The van der Waals surface area contributed by atoms with Crippen molar-refractivity contribution in [3.05, 3.63) is 54.1 Å². The molecule has 2 N–H and O–H groups in total. The summed E-state index contributed by atoms with van der Waals surface area (Å²) < 4.78 is 37.2. The van der Waals surface area contributed by atoms with Gasteiger partial charge in [-0.2, -0.15) is 0 Å². The molecule has 0 heterocycles. The lowest BCUT2D eigenvalue weighted by molar-refractivity contribution is -0.123. The van der Waals surface area contributed by atoms with Crippen LogP contribution < -0.4 is 14.8 Å². The van der Waals surface area contributed by atoms with Gasteiger partial charge in [0.2, 0.25) is 10.0 Å². The molecule has 1 atom stereocenters. The predicted molar refractivity (Wildman–Crippen MR) is 108 cm³/mol. The quantitative estimate of drug-likeness (QED) is 0.603. The van der Waals surface area contributed by atoms with Crippen LogP contribution in [-0.2, 0) is 19.6 Å². The van der Waals surface area contributed by atoms with Gasteiger partial charge in [0.05, 0.1) is 22.8 Å². The minimum absolute atomic E-state index is 0.0262. The van der Waals surface area contributed by atoms with Gasteiger partial charge in [-0.05, 0) is 44.2 Å². The van der Waals surface area contributed by atoms with Gasteiger partial charge in [-0.1, -0.05) is 25.1 Å². The van der Waals surface area contributed by atoms with Crippen molar-refractivity contribution >= 4 is 27.6 Å². The number of hydrogen-bond acceptors (Lipinski definition) is 6. The van der Waals surface area contributed by atoms with Gasteiger partial charge in [0.1, 0.15) is 5.75 Å². The molecule has 9 heteroatoms. The van der Waals surface area contributed by atoms with Crippen molar-refractivity contribution in [1.82, 2.24) is 4.72 Å². The van der Waals surface area contributed by atoms with E-state index in [-0.39, 0.29) is 17.0 Å². The van der Waals surface area contributed by atoms with Crippen molar-refractivity contribution in [2.45, 2.75) is 31.8 Å². The third-order valence-electron chi connectivity index (χ3n) is 3.81. The standard InChI is InChI=1S/C20H24N2O6S/c1-4-21-29(25,26)16-10-8-9-15(13-16)20(24)28-14(3)19(23)22-17-11-6-7-12-18(17)27-5-2/h6-14,21H,4-5H2,1-3H3,(H,22,23). The lowest BCUT2D eigenvalue weighted by atomic mass is 10.2. The smallest absolute Gasteiger partial charge is 0.338 e. The van der Waals surface area contributed by atoms with Crippen molar-refractivity contribution < 1.29 is 27.5 Å². The second-order valence-electron chi connectivity index (χ2n) is 6.00. The maximum absolute atomic E-state index is 12.4. The Labute approximate surface area is 170 Å². The number of carbonyl (C=O) groups is 2. The number of sulfonamides is 1. The fourth-order valence-electron chi connectivity index (χ4n) is 2.43. The predicted octanol–water partition coefficient (Wildman–Crippen LogP) is 2.57. The van der Waals surface area contributed by atoms with Gasteiger partial charge in [0.25, 0.3) is 5.91 Å². The van der Waals surface area contributed by atoms with Crippen LogP contribution >= 0.6 is 0 Å². The van der Waals surface area contributed by atoms with Crippen molar-refractivity contribution in [3.8, 4) is 5.75 Å². The zero-order valence-electron chi connectivity index (χ0n) is 16.5. The van der Waals surface area contributed by atoms with Crippen LogP contribution in [0.4, 0.5) is 5.69 Å². The van der Waals surface area contributed by atoms with Gasteiger partial charge < -0.3 is 14.8 Å². The highest BCUT2D eigenvalue weighted by Crippen LogP contribution is 2.24. The fraction of sp³-hybridized carbons (Fsp3) is 0.300. The van der Waals surface area contributed by atoms with E-state index in [1.807, 2.05) is 6.92 Å². The van der Waals surface area contributed by atoms with Gasteiger partial charge in [-0.25, -0.2) is 17.9 Å². The Bertz CT molecular complexity index is 974. The Balaban J connectivity index is 2.08. The highest BCUT2D eigenvalue weighted by molar-refractivity contribution is 7.89. The number of nitrogens with one attached hydrogen (secondary N) is 2. The Kier molecular flexibility index (Phi) is 7.74. The summed E-state index contributed by atoms with van der Waals surface area (Å²) in [5.41, 5.74) is 0.485. The number of anilines is 1. The topological polar surface area (TPSA) is 111 Å². The average molecular weight is 420 g/mol. The highest BCUT2D eigenvalue weighted by atomic mass is 32.2. The summed E-state index contributed by atoms with van der Waals surface area (Å²) in [4.78, 5) is 24.7. The third-order valence-corrected chi connectivity index (χ3v) is 5.36. The number of amides is 1. The third kappa shape index (κ3) is 6.03. The molecule has 2 rings (SSSR count). The number of para-hydroxylation sites is 2. The second-order valence-corrected chi connectivity index (χ2v) is 7.76. The number of hydrogen-bond donors (Lipinski definition) is 2. The molecule has 2 aromatic carbocycles. The van der Waals surface area contributed by atoms with E-state index in [9.17, 15) is 18.0 Å². The molecule has 0 aliphatic rings. The first-order valence-electron chi connectivity index (χ1n) is 9.11. The highest BCUT2D eigenvalue weighted by Gasteiger charge is 2.21. The summed E-state index contributed by atoms with van der Waals surface area (Å²) >= 11 is 0. The first kappa shape index (κ1) is 22.4. The van der Waals surface area contributed by atoms with E-state index in [1.165, 1.54) is 31.2 Å². The van der Waals surface area contributed by atoms with Gasteiger partial charge in [0, 0.05) is 6.54 Å². The van der Waals surface area contributed by atoms with Gasteiger partial charge in [-0.3, -0.25) is 4.79 Å². The number of benzene rings is 2. The molecule has 8 nitrogen and oxygen atoms in total. The summed E-state index contributed by atoms with van der Waals surface area (Å²) in [5, 5.41) is 2.66. The van der Waals surface area contributed by atoms with Gasteiger partial charge in [-0.15, -0.1) is 0 Å². The van der Waals surface area contributed by atoms with Crippen LogP contribution in [0, 0.1) is 0 Å². The maximum Gasteiger partial charge on any atom is 0.338 e. The van der Waals surface area contributed by atoms with Crippen LogP contribution in [0.15, 0.2) is 53.4 Å². The van der Waals surface area contributed by atoms with Crippen molar-refractivity contribution in [2.24, 2.45) is 0 Å². The zero-order chi connectivity index (χ0) is 21.4. The van der Waals surface area contributed by atoms with Crippen molar-refractivity contribution in [2.75, 3.05) is 18.5 Å². The molecule has 0 aromatic heterocycles. The van der Waals surface area contributed by atoms with E-state index in [0.29, 0.717) is 18.0 Å².